The van der Waals surface area contributed by atoms with Gasteiger partial charge in [0.05, 0.1) is 6.20 Å². The molecule has 0 spiro atoms. The molecule has 5 rings (SSSR count). The van der Waals surface area contributed by atoms with Crippen molar-refractivity contribution in [1.82, 2.24) is 4.98 Å². The van der Waals surface area contributed by atoms with Crippen LogP contribution in [0, 0.1) is 0 Å². The summed E-state index contributed by atoms with van der Waals surface area (Å²) in [5.41, 5.74) is 9.67. The molecule has 0 atom stereocenters. The van der Waals surface area contributed by atoms with E-state index in [2.05, 4.69) is 58.2 Å². The van der Waals surface area contributed by atoms with Gasteiger partial charge < -0.3 is 0 Å². The van der Waals surface area contributed by atoms with Crippen molar-refractivity contribution in [3.8, 4) is 0 Å². The summed E-state index contributed by atoms with van der Waals surface area (Å²) >= 11 is 0. The SMILES string of the molecule is [C-]1=[N+](c2cccnc2)Cc2c1ccc1c2Cc2ccccc2C1. The van der Waals surface area contributed by atoms with Gasteiger partial charge in [-0.2, -0.15) is 0 Å². The highest BCUT2D eigenvalue weighted by Gasteiger charge is 2.22. The molecule has 2 heterocycles. The Hall–Kier alpha value is -2.74. The van der Waals surface area contributed by atoms with E-state index >= 15 is 0 Å². The summed E-state index contributed by atoms with van der Waals surface area (Å²) in [6.45, 7) is 0.895. The highest BCUT2D eigenvalue weighted by molar-refractivity contribution is 5.82. The number of fused-ring (bicyclic) bond motifs is 4. The molecule has 0 unspecified atom stereocenters. The first kappa shape index (κ1) is 12.8. The maximum Gasteiger partial charge on any atom is 0.153 e. The molecule has 1 aliphatic carbocycles. The summed E-state index contributed by atoms with van der Waals surface area (Å²) in [5, 5.41) is 0. The predicted octanol–water partition coefficient (Wildman–Crippen LogP) is 3.73. The van der Waals surface area contributed by atoms with E-state index in [0.29, 0.717) is 0 Å². The second-order valence-corrected chi connectivity index (χ2v) is 6.26. The normalized spacial score (nSPS) is 14.7. The molecule has 0 N–H and O–H groups in total. The van der Waals surface area contributed by atoms with Crippen LogP contribution < -0.4 is 0 Å². The highest BCUT2D eigenvalue weighted by atomic mass is 15.0. The quantitative estimate of drug-likeness (QED) is 0.386. The molecular weight excluding hydrogens is 280 g/mol. The van der Waals surface area contributed by atoms with Crippen LogP contribution in [0.15, 0.2) is 60.9 Å². The van der Waals surface area contributed by atoms with E-state index in [-0.39, 0.29) is 0 Å². The highest BCUT2D eigenvalue weighted by Crippen LogP contribution is 2.33. The van der Waals surface area contributed by atoms with E-state index in [1.54, 1.807) is 0 Å². The maximum atomic E-state index is 4.23. The lowest BCUT2D eigenvalue weighted by Crippen LogP contribution is -2.11. The Bertz CT molecular complexity index is 939. The molecule has 110 valence electrons. The molecule has 2 aromatic carbocycles. The molecule has 2 heteroatoms. The lowest BCUT2D eigenvalue weighted by atomic mass is 9.83. The van der Waals surface area contributed by atoms with Gasteiger partial charge in [0.1, 0.15) is 6.54 Å². The molecule has 0 fully saturated rings. The second-order valence-electron chi connectivity index (χ2n) is 6.26. The third-order valence-electron chi connectivity index (χ3n) is 4.92. The van der Waals surface area contributed by atoms with Crippen LogP contribution in [-0.4, -0.2) is 15.8 Å². The van der Waals surface area contributed by atoms with Crippen molar-refractivity contribution in [2.75, 3.05) is 0 Å². The van der Waals surface area contributed by atoms with Crippen LogP contribution in [-0.2, 0) is 19.4 Å². The molecule has 0 amide bonds. The third kappa shape index (κ3) is 2.02. The van der Waals surface area contributed by atoms with Crippen LogP contribution in [0.3, 0.4) is 0 Å². The van der Waals surface area contributed by atoms with E-state index in [1.807, 2.05) is 18.5 Å². The fourth-order valence-corrected chi connectivity index (χ4v) is 3.72. The van der Waals surface area contributed by atoms with Crippen molar-refractivity contribution in [2.45, 2.75) is 19.4 Å². The molecule has 0 radical (unpaired) electrons. The smallest absolute Gasteiger partial charge is 0.153 e. The molecule has 3 aromatic rings. The van der Waals surface area contributed by atoms with Gasteiger partial charge in [-0.25, -0.2) is 0 Å². The molecule has 0 saturated heterocycles. The van der Waals surface area contributed by atoms with Crippen molar-refractivity contribution in [1.29, 1.82) is 0 Å². The van der Waals surface area contributed by atoms with Crippen LogP contribution in [0.1, 0.15) is 33.4 Å². The van der Waals surface area contributed by atoms with Crippen LogP contribution in [0.4, 0.5) is 5.69 Å². The fraction of sp³-hybridized carbons (Fsp3) is 0.143. The summed E-state index contributed by atoms with van der Waals surface area (Å²) < 4.78 is 2.18. The van der Waals surface area contributed by atoms with E-state index in [0.717, 1.165) is 25.1 Å². The zero-order chi connectivity index (χ0) is 15.2. The summed E-state index contributed by atoms with van der Waals surface area (Å²) in [6.07, 6.45) is 9.32. The molecular formula is C21H16N2. The number of nitrogens with zero attached hydrogens (tertiary/aromatic N) is 2. The van der Waals surface area contributed by atoms with Gasteiger partial charge in [-0.15, -0.1) is 12.1 Å². The molecule has 2 nitrogen and oxygen atoms in total. The number of pyridine rings is 1. The Kier molecular flexibility index (Phi) is 2.71. The van der Waals surface area contributed by atoms with E-state index in [4.69, 9.17) is 0 Å². The lowest BCUT2D eigenvalue weighted by Gasteiger charge is -2.23. The Morgan fingerprint density at radius 2 is 1.70 bits per heavy atom. The fourth-order valence-electron chi connectivity index (χ4n) is 3.72. The summed E-state index contributed by atoms with van der Waals surface area (Å²) in [5.74, 6) is 0. The molecule has 23 heavy (non-hydrogen) atoms. The maximum absolute atomic E-state index is 4.23. The predicted molar refractivity (Wildman–Crippen MR) is 90.5 cm³/mol. The second kappa shape index (κ2) is 4.88. The molecule has 1 aromatic heterocycles. The minimum Gasteiger partial charge on any atom is -0.277 e. The van der Waals surface area contributed by atoms with Gasteiger partial charge in [0, 0.05) is 6.20 Å². The van der Waals surface area contributed by atoms with Crippen molar-refractivity contribution < 1.29 is 4.58 Å². The van der Waals surface area contributed by atoms with Gasteiger partial charge >= 0.3 is 0 Å². The van der Waals surface area contributed by atoms with Gasteiger partial charge in [-0.05, 0) is 41.7 Å². The van der Waals surface area contributed by atoms with Gasteiger partial charge in [-0.1, -0.05) is 41.0 Å². The third-order valence-corrected chi connectivity index (χ3v) is 4.92. The van der Waals surface area contributed by atoms with Gasteiger partial charge in [0.25, 0.3) is 0 Å². The Morgan fingerprint density at radius 1 is 0.826 bits per heavy atom. The molecule has 1 aliphatic heterocycles. The first-order chi connectivity index (χ1) is 11.4. The summed E-state index contributed by atoms with van der Waals surface area (Å²) in [4.78, 5) is 4.23. The monoisotopic (exact) mass is 296 g/mol. The standard InChI is InChI=1S/C21H16N2/c1-2-5-16-11-20-17(10-15(16)4-1)7-8-18-13-23(14-21(18)20)19-6-3-9-22-12-19/h1-9,12H,10-11,14H2. The van der Waals surface area contributed by atoms with Crippen molar-refractivity contribution in [3.05, 3.63) is 94.3 Å². The first-order valence-electron chi connectivity index (χ1n) is 8.03. The number of hydrogen-bond donors (Lipinski definition) is 0. The number of rotatable bonds is 1. The van der Waals surface area contributed by atoms with E-state index in [1.165, 1.54) is 33.4 Å². The molecule has 2 aliphatic rings. The van der Waals surface area contributed by atoms with Crippen LogP contribution >= 0.6 is 0 Å². The lowest BCUT2D eigenvalue weighted by molar-refractivity contribution is -0.448. The van der Waals surface area contributed by atoms with E-state index < -0.39 is 0 Å². The zero-order valence-corrected chi connectivity index (χ0v) is 12.8. The minimum absolute atomic E-state index is 0.895. The van der Waals surface area contributed by atoms with Crippen molar-refractivity contribution >= 4 is 11.9 Å². The zero-order valence-electron chi connectivity index (χ0n) is 12.8. The number of benzene rings is 2. The summed E-state index contributed by atoms with van der Waals surface area (Å²) in [6, 6.07) is 17.4. The average Bonchev–Trinajstić information content (AvgIpc) is 3.05. The van der Waals surface area contributed by atoms with Gasteiger partial charge in [0.15, 0.2) is 11.9 Å². The number of hydrogen-bond acceptors (Lipinski definition) is 1. The Balaban J connectivity index is 1.56. The summed E-state index contributed by atoms with van der Waals surface area (Å²) in [7, 11) is 0. The van der Waals surface area contributed by atoms with E-state index in [9.17, 15) is 0 Å². The van der Waals surface area contributed by atoms with Crippen LogP contribution in [0.2, 0.25) is 0 Å². The van der Waals surface area contributed by atoms with Gasteiger partial charge in [-0.3, -0.25) is 9.56 Å². The molecule has 0 bridgehead atoms. The minimum atomic E-state index is 0.895. The van der Waals surface area contributed by atoms with Crippen LogP contribution in [0.5, 0.6) is 0 Å². The van der Waals surface area contributed by atoms with Crippen molar-refractivity contribution in [2.24, 2.45) is 0 Å². The Morgan fingerprint density at radius 3 is 2.52 bits per heavy atom. The average molecular weight is 296 g/mol. The first-order valence-corrected chi connectivity index (χ1v) is 8.03. The topological polar surface area (TPSA) is 15.9 Å². The largest absolute Gasteiger partial charge is 0.277 e. The van der Waals surface area contributed by atoms with Crippen LogP contribution in [0.25, 0.3) is 0 Å². The van der Waals surface area contributed by atoms with Crippen molar-refractivity contribution in [3.63, 3.8) is 0 Å². The number of aromatic nitrogens is 1. The van der Waals surface area contributed by atoms with Gasteiger partial charge in [0.2, 0.25) is 0 Å². The molecule has 0 saturated carbocycles. The Labute approximate surface area is 135 Å².